The van der Waals surface area contributed by atoms with Crippen LogP contribution in [-0.2, 0) is 11.3 Å². The lowest BCUT2D eigenvalue weighted by Crippen LogP contribution is -2.22. The summed E-state index contributed by atoms with van der Waals surface area (Å²) in [6.45, 7) is 4.18. The number of ether oxygens (including phenoxy) is 1. The van der Waals surface area contributed by atoms with Crippen LogP contribution >= 0.6 is 0 Å². The molecular weight excluding hydrogens is 234 g/mol. The highest BCUT2D eigenvalue weighted by molar-refractivity contribution is 5.25. The largest absolute Gasteiger partial charge is 0.374 e. The minimum atomic E-state index is 0.529. The lowest BCUT2D eigenvalue weighted by atomic mass is 9.96. The molecule has 0 amide bonds. The standard InChI is InChI=1S/C17H25NO/c1-13(11-18-16-9-10-16)15-7-5-14(6-8-15)12-19-17-3-2-4-17/h5-8,13,16-18H,2-4,9-12H2,1H3. The fourth-order valence-electron chi connectivity index (χ4n) is 2.44. The van der Waals surface area contributed by atoms with Crippen LogP contribution in [0, 0.1) is 0 Å². The van der Waals surface area contributed by atoms with Crippen molar-refractivity contribution in [3.63, 3.8) is 0 Å². The van der Waals surface area contributed by atoms with E-state index in [4.69, 9.17) is 4.74 Å². The Hall–Kier alpha value is -0.860. The number of rotatable bonds is 7. The topological polar surface area (TPSA) is 21.3 Å². The van der Waals surface area contributed by atoms with Crippen molar-refractivity contribution in [1.29, 1.82) is 0 Å². The van der Waals surface area contributed by atoms with Gasteiger partial charge in [-0.15, -0.1) is 0 Å². The summed E-state index contributed by atoms with van der Waals surface area (Å²) < 4.78 is 5.84. The fourth-order valence-corrected chi connectivity index (χ4v) is 2.44. The molecule has 0 heterocycles. The van der Waals surface area contributed by atoms with E-state index in [-0.39, 0.29) is 0 Å². The van der Waals surface area contributed by atoms with E-state index in [9.17, 15) is 0 Å². The molecule has 0 spiro atoms. The Labute approximate surface area is 116 Å². The Morgan fingerprint density at radius 2 is 1.89 bits per heavy atom. The number of benzene rings is 1. The summed E-state index contributed by atoms with van der Waals surface area (Å²) in [5, 5.41) is 3.60. The molecule has 2 heteroatoms. The van der Waals surface area contributed by atoms with Crippen LogP contribution in [-0.4, -0.2) is 18.7 Å². The molecule has 0 aromatic heterocycles. The van der Waals surface area contributed by atoms with E-state index < -0.39 is 0 Å². The van der Waals surface area contributed by atoms with Crippen LogP contribution in [0.2, 0.25) is 0 Å². The maximum atomic E-state index is 5.84. The first-order valence-electron chi connectivity index (χ1n) is 7.75. The Kier molecular flexibility index (Phi) is 4.19. The van der Waals surface area contributed by atoms with Crippen LogP contribution < -0.4 is 5.32 Å². The van der Waals surface area contributed by atoms with E-state index in [0.29, 0.717) is 12.0 Å². The zero-order valence-electron chi connectivity index (χ0n) is 11.9. The van der Waals surface area contributed by atoms with Gasteiger partial charge in [0.25, 0.3) is 0 Å². The Morgan fingerprint density at radius 3 is 2.47 bits per heavy atom. The van der Waals surface area contributed by atoms with Crippen LogP contribution in [0.5, 0.6) is 0 Å². The zero-order valence-corrected chi connectivity index (χ0v) is 11.9. The molecular formula is C17H25NO. The molecule has 0 saturated heterocycles. The molecule has 1 N–H and O–H groups in total. The molecule has 0 radical (unpaired) electrons. The maximum absolute atomic E-state index is 5.84. The summed E-state index contributed by atoms with van der Waals surface area (Å²) in [4.78, 5) is 0. The minimum Gasteiger partial charge on any atom is -0.374 e. The summed E-state index contributed by atoms with van der Waals surface area (Å²) in [5.74, 6) is 0.599. The molecule has 104 valence electrons. The van der Waals surface area contributed by atoms with Gasteiger partial charge in [-0.25, -0.2) is 0 Å². The lowest BCUT2D eigenvalue weighted by Gasteiger charge is -2.25. The first-order valence-corrected chi connectivity index (χ1v) is 7.75. The van der Waals surface area contributed by atoms with Gasteiger partial charge in [0.1, 0.15) is 0 Å². The van der Waals surface area contributed by atoms with E-state index >= 15 is 0 Å². The third kappa shape index (κ3) is 3.80. The van der Waals surface area contributed by atoms with Crippen LogP contribution in [0.1, 0.15) is 56.1 Å². The van der Waals surface area contributed by atoms with Crippen molar-refractivity contribution >= 4 is 0 Å². The van der Waals surface area contributed by atoms with E-state index in [1.807, 2.05) is 0 Å². The number of hydrogen-bond donors (Lipinski definition) is 1. The van der Waals surface area contributed by atoms with Gasteiger partial charge in [0.05, 0.1) is 12.7 Å². The highest BCUT2D eigenvalue weighted by atomic mass is 16.5. The normalized spacial score (nSPS) is 21.1. The summed E-state index contributed by atoms with van der Waals surface area (Å²) >= 11 is 0. The molecule has 3 rings (SSSR count). The van der Waals surface area contributed by atoms with Gasteiger partial charge in [-0.05, 0) is 49.1 Å². The van der Waals surface area contributed by atoms with Crippen molar-refractivity contribution in [2.45, 2.75) is 63.7 Å². The third-order valence-corrected chi connectivity index (χ3v) is 4.38. The molecule has 2 aliphatic carbocycles. The predicted octanol–water partition coefficient (Wildman–Crippen LogP) is 3.61. The van der Waals surface area contributed by atoms with Crippen molar-refractivity contribution in [3.8, 4) is 0 Å². The van der Waals surface area contributed by atoms with Crippen molar-refractivity contribution in [3.05, 3.63) is 35.4 Å². The monoisotopic (exact) mass is 259 g/mol. The van der Waals surface area contributed by atoms with Crippen molar-refractivity contribution in [1.82, 2.24) is 5.32 Å². The second kappa shape index (κ2) is 6.06. The van der Waals surface area contributed by atoms with E-state index in [1.54, 1.807) is 0 Å². The second-order valence-electron chi connectivity index (χ2n) is 6.19. The smallest absolute Gasteiger partial charge is 0.0720 e. The molecule has 0 bridgehead atoms. The molecule has 2 nitrogen and oxygen atoms in total. The molecule has 2 saturated carbocycles. The van der Waals surface area contributed by atoms with Crippen LogP contribution in [0.3, 0.4) is 0 Å². The third-order valence-electron chi connectivity index (χ3n) is 4.38. The van der Waals surface area contributed by atoms with E-state index in [1.165, 1.54) is 43.2 Å². The van der Waals surface area contributed by atoms with Crippen LogP contribution in [0.15, 0.2) is 24.3 Å². The van der Waals surface area contributed by atoms with E-state index in [2.05, 4.69) is 36.5 Å². The first kappa shape index (κ1) is 13.1. The van der Waals surface area contributed by atoms with Gasteiger partial charge in [0, 0.05) is 12.6 Å². The summed E-state index contributed by atoms with van der Waals surface area (Å²) in [7, 11) is 0. The second-order valence-corrected chi connectivity index (χ2v) is 6.19. The average Bonchev–Trinajstić information content (AvgIpc) is 3.19. The van der Waals surface area contributed by atoms with Crippen molar-refractivity contribution in [2.24, 2.45) is 0 Å². The van der Waals surface area contributed by atoms with E-state index in [0.717, 1.165) is 19.2 Å². The van der Waals surface area contributed by atoms with Crippen LogP contribution in [0.25, 0.3) is 0 Å². The summed E-state index contributed by atoms with van der Waals surface area (Å²) in [6, 6.07) is 9.78. The summed E-state index contributed by atoms with van der Waals surface area (Å²) in [6.07, 6.45) is 7.11. The zero-order chi connectivity index (χ0) is 13.1. The number of hydrogen-bond acceptors (Lipinski definition) is 2. The summed E-state index contributed by atoms with van der Waals surface area (Å²) in [5.41, 5.74) is 2.73. The van der Waals surface area contributed by atoms with Gasteiger partial charge >= 0.3 is 0 Å². The van der Waals surface area contributed by atoms with Crippen molar-refractivity contribution in [2.75, 3.05) is 6.54 Å². The fraction of sp³-hybridized carbons (Fsp3) is 0.647. The van der Waals surface area contributed by atoms with Gasteiger partial charge in [-0.1, -0.05) is 31.2 Å². The Bertz CT molecular complexity index is 392. The molecule has 0 aliphatic heterocycles. The molecule has 1 aromatic rings. The SMILES string of the molecule is CC(CNC1CC1)c1ccc(COC2CCC2)cc1. The quantitative estimate of drug-likeness (QED) is 0.807. The molecule has 1 unspecified atom stereocenters. The van der Waals surface area contributed by atoms with Gasteiger partial charge < -0.3 is 10.1 Å². The molecule has 2 fully saturated rings. The minimum absolute atomic E-state index is 0.529. The first-order chi connectivity index (χ1) is 9.31. The van der Waals surface area contributed by atoms with Gasteiger partial charge in [0.2, 0.25) is 0 Å². The Morgan fingerprint density at radius 1 is 1.16 bits per heavy atom. The molecule has 1 atom stereocenters. The molecule has 19 heavy (non-hydrogen) atoms. The maximum Gasteiger partial charge on any atom is 0.0720 e. The van der Waals surface area contributed by atoms with Crippen LogP contribution in [0.4, 0.5) is 0 Å². The number of nitrogens with one attached hydrogen (secondary N) is 1. The lowest BCUT2D eigenvalue weighted by molar-refractivity contribution is -0.00866. The molecule has 1 aromatic carbocycles. The van der Waals surface area contributed by atoms with Gasteiger partial charge in [-0.3, -0.25) is 0 Å². The average molecular weight is 259 g/mol. The van der Waals surface area contributed by atoms with Crippen molar-refractivity contribution < 1.29 is 4.74 Å². The Balaban J connectivity index is 1.46. The van der Waals surface area contributed by atoms with Gasteiger partial charge in [-0.2, -0.15) is 0 Å². The highest BCUT2D eigenvalue weighted by Crippen LogP contribution is 2.24. The van der Waals surface area contributed by atoms with Gasteiger partial charge in [0.15, 0.2) is 0 Å². The highest BCUT2D eigenvalue weighted by Gasteiger charge is 2.21. The molecule has 2 aliphatic rings. The predicted molar refractivity (Wildman–Crippen MR) is 78.3 cm³/mol.